The molecule has 1 aliphatic rings. The van der Waals surface area contributed by atoms with Crippen LogP contribution in [0.15, 0.2) is 52.3 Å². The summed E-state index contributed by atoms with van der Waals surface area (Å²) in [4.78, 5) is 2.77. The van der Waals surface area contributed by atoms with Crippen LogP contribution in [0.25, 0.3) is 0 Å². The molecule has 2 N–H and O–H groups in total. The third-order valence-electron chi connectivity index (χ3n) is 3.35. The number of thioether (sulfide) groups is 2. The molecule has 0 aromatic heterocycles. The molecule has 0 aliphatic carbocycles. The highest BCUT2D eigenvalue weighted by Crippen LogP contribution is 2.39. The van der Waals surface area contributed by atoms with Gasteiger partial charge in [0.2, 0.25) is 0 Å². The van der Waals surface area contributed by atoms with Gasteiger partial charge in [0, 0.05) is 26.5 Å². The van der Waals surface area contributed by atoms with Gasteiger partial charge in [0.05, 0.1) is 0 Å². The van der Waals surface area contributed by atoms with Crippen LogP contribution in [0.4, 0.5) is 5.69 Å². The second kappa shape index (κ2) is 5.51. The predicted molar refractivity (Wildman–Crippen MR) is 86.1 cm³/mol. The van der Waals surface area contributed by atoms with Gasteiger partial charge in [-0.15, -0.1) is 23.5 Å². The molecular formula is C16H17NS2. The van der Waals surface area contributed by atoms with Crippen LogP contribution in [0.5, 0.6) is 0 Å². The second-order valence-electron chi connectivity index (χ2n) is 4.89. The van der Waals surface area contributed by atoms with Crippen molar-refractivity contribution in [2.45, 2.75) is 28.4 Å². The first-order chi connectivity index (χ1) is 9.22. The molecule has 0 fully saturated rings. The van der Waals surface area contributed by atoms with Crippen LogP contribution in [0, 0.1) is 6.92 Å². The fourth-order valence-corrected chi connectivity index (χ4v) is 4.86. The Bertz CT molecular complexity index is 570. The summed E-state index contributed by atoms with van der Waals surface area (Å²) in [6.45, 7) is 2.15. The van der Waals surface area contributed by atoms with Gasteiger partial charge in [-0.3, -0.25) is 0 Å². The Morgan fingerprint density at radius 1 is 1.26 bits per heavy atom. The highest BCUT2D eigenvalue weighted by Gasteiger charge is 2.21. The largest absolute Gasteiger partial charge is 0.399 e. The molecule has 0 amide bonds. The highest BCUT2D eigenvalue weighted by atomic mass is 32.2. The molecule has 19 heavy (non-hydrogen) atoms. The Labute approximate surface area is 123 Å². The molecule has 1 heterocycles. The average Bonchev–Trinajstić information content (AvgIpc) is 2.82. The summed E-state index contributed by atoms with van der Waals surface area (Å²) in [7, 11) is 0. The molecule has 98 valence electrons. The topological polar surface area (TPSA) is 26.0 Å². The van der Waals surface area contributed by atoms with Crippen molar-refractivity contribution in [3.63, 3.8) is 0 Å². The molecule has 0 saturated heterocycles. The monoisotopic (exact) mass is 287 g/mol. The van der Waals surface area contributed by atoms with E-state index in [2.05, 4.69) is 43.3 Å². The van der Waals surface area contributed by atoms with E-state index < -0.39 is 0 Å². The third kappa shape index (κ3) is 2.93. The quantitative estimate of drug-likeness (QED) is 0.670. The van der Waals surface area contributed by atoms with E-state index in [0.717, 1.165) is 11.4 Å². The zero-order valence-corrected chi connectivity index (χ0v) is 12.6. The Kier molecular flexibility index (Phi) is 3.76. The van der Waals surface area contributed by atoms with Gasteiger partial charge in [-0.1, -0.05) is 24.3 Å². The number of rotatable bonds is 3. The van der Waals surface area contributed by atoms with Crippen molar-refractivity contribution in [2.75, 3.05) is 11.5 Å². The third-order valence-corrected chi connectivity index (χ3v) is 6.20. The minimum atomic E-state index is 0.684. The molecular weight excluding hydrogens is 270 g/mol. The maximum Gasteiger partial charge on any atom is 0.0325 e. The van der Waals surface area contributed by atoms with E-state index >= 15 is 0 Å². The lowest BCUT2D eigenvalue weighted by molar-refractivity contribution is 0.970. The lowest BCUT2D eigenvalue weighted by Gasteiger charge is -2.10. The van der Waals surface area contributed by atoms with Crippen LogP contribution in [0.2, 0.25) is 0 Å². The first-order valence-corrected chi connectivity index (χ1v) is 8.32. The minimum absolute atomic E-state index is 0.684. The van der Waals surface area contributed by atoms with Crippen LogP contribution >= 0.6 is 23.5 Å². The Hall–Kier alpha value is -1.06. The fraction of sp³-hybridized carbons (Fsp3) is 0.250. The Morgan fingerprint density at radius 3 is 2.95 bits per heavy atom. The zero-order chi connectivity index (χ0) is 13.2. The number of nitrogens with two attached hydrogens (primary N) is 1. The molecule has 1 atom stereocenters. The first kappa shape index (κ1) is 12.9. The van der Waals surface area contributed by atoms with Gasteiger partial charge < -0.3 is 5.73 Å². The van der Waals surface area contributed by atoms with Crippen molar-refractivity contribution in [3.8, 4) is 0 Å². The van der Waals surface area contributed by atoms with Gasteiger partial charge in [0.25, 0.3) is 0 Å². The van der Waals surface area contributed by atoms with E-state index in [1.807, 2.05) is 29.6 Å². The smallest absolute Gasteiger partial charge is 0.0325 e. The molecule has 0 bridgehead atoms. The number of benzene rings is 2. The number of hydrogen-bond acceptors (Lipinski definition) is 3. The van der Waals surface area contributed by atoms with Crippen LogP contribution in [-0.4, -0.2) is 11.0 Å². The van der Waals surface area contributed by atoms with Crippen molar-refractivity contribution in [1.82, 2.24) is 0 Å². The number of hydrogen-bond donors (Lipinski definition) is 1. The van der Waals surface area contributed by atoms with Gasteiger partial charge in [0.15, 0.2) is 0 Å². The van der Waals surface area contributed by atoms with Crippen molar-refractivity contribution in [3.05, 3.63) is 53.6 Å². The van der Waals surface area contributed by atoms with Crippen molar-refractivity contribution >= 4 is 29.2 Å². The summed E-state index contributed by atoms with van der Waals surface area (Å²) < 4.78 is 0. The average molecular weight is 287 g/mol. The maximum absolute atomic E-state index is 5.86. The number of aryl methyl sites for hydroxylation is 1. The van der Waals surface area contributed by atoms with Gasteiger partial charge in [0.1, 0.15) is 0 Å². The minimum Gasteiger partial charge on any atom is -0.399 e. The van der Waals surface area contributed by atoms with E-state index in [1.54, 1.807) is 0 Å². The number of anilines is 1. The number of fused-ring (bicyclic) bond motifs is 1. The molecule has 2 aromatic rings. The lowest BCUT2D eigenvalue weighted by Crippen LogP contribution is -2.04. The summed E-state index contributed by atoms with van der Waals surface area (Å²) in [5.41, 5.74) is 9.54. The summed E-state index contributed by atoms with van der Waals surface area (Å²) >= 11 is 3.94. The van der Waals surface area contributed by atoms with Crippen LogP contribution < -0.4 is 5.73 Å². The molecule has 0 spiro atoms. The standard InChI is InChI=1S/C16H17NS2/c1-11-6-7-13(17)9-16(11)18-10-14-8-12-4-2-3-5-15(12)19-14/h2-7,9,14H,8,10,17H2,1H3. The highest BCUT2D eigenvalue weighted by molar-refractivity contribution is 8.03. The summed E-state index contributed by atoms with van der Waals surface area (Å²) in [5, 5.41) is 0.684. The molecule has 0 saturated carbocycles. The summed E-state index contributed by atoms with van der Waals surface area (Å²) in [6.07, 6.45) is 1.19. The molecule has 2 aromatic carbocycles. The van der Waals surface area contributed by atoms with E-state index in [4.69, 9.17) is 5.73 Å². The lowest BCUT2D eigenvalue weighted by atomic mass is 10.1. The van der Waals surface area contributed by atoms with Gasteiger partial charge >= 0.3 is 0 Å². The van der Waals surface area contributed by atoms with Crippen LogP contribution in [0.3, 0.4) is 0 Å². The van der Waals surface area contributed by atoms with E-state index in [1.165, 1.54) is 27.3 Å². The SMILES string of the molecule is Cc1ccc(N)cc1SCC1Cc2ccccc2S1. The van der Waals surface area contributed by atoms with Crippen molar-refractivity contribution in [2.24, 2.45) is 0 Å². The normalized spacial score (nSPS) is 17.4. The van der Waals surface area contributed by atoms with Crippen molar-refractivity contribution in [1.29, 1.82) is 0 Å². The Balaban J connectivity index is 1.64. The maximum atomic E-state index is 5.86. The van der Waals surface area contributed by atoms with Gasteiger partial charge in [-0.25, -0.2) is 0 Å². The van der Waals surface area contributed by atoms with Crippen molar-refractivity contribution < 1.29 is 0 Å². The van der Waals surface area contributed by atoms with Crippen LogP contribution in [-0.2, 0) is 6.42 Å². The molecule has 3 heteroatoms. The summed E-state index contributed by atoms with van der Waals surface area (Å²) in [5.74, 6) is 1.14. The van der Waals surface area contributed by atoms with Crippen LogP contribution in [0.1, 0.15) is 11.1 Å². The van der Waals surface area contributed by atoms with E-state index in [0.29, 0.717) is 5.25 Å². The van der Waals surface area contributed by atoms with E-state index in [-0.39, 0.29) is 0 Å². The molecule has 1 nitrogen and oxygen atoms in total. The Morgan fingerprint density at radius 2 is 2.11 bits per heavy atom. The zero-order valence-electron chi connectivity index (χ0n) is 10.9. The first-order valence-electron chi connectivity index (χ1n) is 6.46. The molecule has 1 aliphatic heterocycles. The fourth-order valence-electron chi connectivity index (χ4n) is 2.30. The van der Waals surface area contributed by atoms with Gasteiger partial charge in [-0.05, 0) is 42.7 Å². The predicted octanol–water partition coefficient (Wildman–Crippen LogP) is 4.39. The molecule has 1 unspecified atom stereocenters. The van der Waals surface area contributed by atoms with Gasteiger partial charge in [-0.2, -0.15) is 0 Å². The number of nitrogen functional groups attached to an aromatic ring is 1. The molecule has 3 rings (SSSR count). The van der Waals surface area contributed by atoms with E-state index in [9.17, 15) is 0 Å². The summed E-state index contributed by atoms with van der Waals surface area (Å²) in [6, 6.07) is 14.9. The second-order valence-corrected chi connectivity index (χ2v) is 7.29. The molecule has 0 radical (unpaired) electrons.